The molecule has 186 valence electrons. The molecule has 0 aliphatic carbocycles. The van der Waals surface area contributed by atoms with Gasteiger partial charge in [0.2, 0.25) is 21.8 Å². The predicted molar refractivity (Wildman–Crippen MR) is 141 cm³/mol. The molecule has 0 radical (unpaired) electrons. The van der Waals surface area contributed by atoms with Gasteiger partial charge in [-0.25, -0.2) is 8.42 Å². The number of anilines is 1. The van der Waals surface area contributed by atoms with E-state index in [0.29, 0.717) is 34.3 Å². The monoisotopic (exact) mass is 591 g/mol. The van der Waals surface area contributed by atoms with Gasteiger partial charge in [0.1, 0.15) is 12.6 Å². The molecule has 0 heterocycles. The minimum Gasteiger partial charge on any atom is -0.354 e. The number of amides is 2. The van der Waals surface area contributed by atoms with Crippen LogP contribution in [0.3, 0.4) is 0 Å². The summed E-state index contributed by atoms with van der Waals surface area (Å²) in [5.74, 6) is -0.877. The van der Waals surface area contributed by atoms with E-state index < -0.39 is 28.5 Å². The van der Waals surface area contributed by atoms with Gasteiger partial charge in [-0.15, -0.1) is 0 Å². The first-order valence-corrected chi connectivity index (χ1v) is 14.1. The second-order valence-electron chi connectivity index (χ2n) is 7.68. The molecule has 2 aromatic rings. The summed E-state index contributed by atoms with van der Waals surface area (Å²) in [6.45, 7) is 3.63. The molecule has 7 nitrogen and oxygen atoms in total. The largest absolute Gasteiger partial charge is 0.354 e. The van der Waals surface area contributed by atoms with Crippen LogP contribution >= 0.6 is 39.1 Å². The van der Waals surface area contributed by atoms with E-state index in [-0.39, 0.29) is 12.5 Å². The molecule has 0 bridgehead atoms. The quantitative estimate of drug-likeness (QED) is 0.404. The van der Waals surface area contributed by atoms with E-state index in [9.17, 15) is 18.0 Å². The molecule has 2 amide bonds. The highest BCUT2D eigenvalue weighted by molar-refractivity contribution is 9.10. The van der Waals surface area contributed by atoms with E-state index in [1.807, 2.05) is 6.92 Å². The summed E-state index contributed by atoms with van der Waals surface area (Å²) >= 11 is 16.0. The Labute approximate surface area is 219 Å². The van der Waals surface area contributed by atoms with E-state index in [1.165, 1.54) is 4.90 Å². The van der Waals surface area contributed by atoms with Crippen LogP contribution in [0.15, 0.2) is 46.9 Å². The van der Waals surface area contributed by atoms with Gasteiger partial charge < -0.3 is 10.2 Å². The van der Waals surface area contributed by atoms with Crippen LogP contribution in [-0.2, 0) is 26.2 Å². The van der Waals surface area contributed by atoms with Crippen LogP contribution in [0.2, 0.25) is 10.0 Å². The van der Waals surface area contributed by atoms with Gasteiger partial charge in [-0.1, -0.05) is 59.0 Å². The van der Waals surface area contributed by atoms with Crippen LogP contribution in [0.1, 0.15) is 32.3 Å². The Bertz CT molecular complexity index is 1090. The van der Waals surface area contributed by atoms with Gasteiger partial charge in [0.05, 0.1) is 11.9 Å². The number of carbonyl (C=O) groups excluding carboxylic acids is 2. The Hall–Kier alpha value is -1.81. The van der Waals surface area contributed by atoms with E-state index in [4.69, 9.17) is 23.2 Å². The third-order valence-electron chi connectivity index (χ3n) is 5.12. The SMILES string of the molecule is CCCNC(=O)[C@@H](CC)N(Cc1c(Cl)cccc1Cl)C(=O)CN(c1ccc(Br)cc1)S(C)(=O)=O. The van der Waals surface area contributed by atoms with Gasteiger partial charge in [-0.2, -0.15) is 0 Å². The Morgan fingerprint density at radius 2 is 1.65 bits per heavy atom. The summed E-state index contributed by atoms with van der Waals surface area (Å²) in [6.07, 6.45) is 2.08. The summed E-state index contributed by atoms with van der Waals surface area (Å²) < 4.78 is 26.9. The molecule has 0 spiro atoms. The van der Waals surface area contributed by atoms with Crippen LogP contribution in [0.4, 0.5) is 5.69 Å². The molecule has 0 fully saturated rings. The fraction of sp³-hybridized carbons (Fsp3) is 0.391. The number of carbonyl (C=O) groups is 2. The van der Waals surface area contributed by atoms with E-state index in [0.717, 1.165) is 21.5 Å². The van der Waals surface area contributed by atoms with E-state index >= 15 is 0 Å². The fourth-order valence-corrected chi connectivity index (χ4v) is 4.99. The van der Waals surface area contributed by atoms with Gasteiger partial charge >= 0.3 is 0 Å². The lowest BCUT2D eigenvalue weighted by atomic mass is 10.1. The third kappa shape index (κ3) is 7.60. The minimum atomic E-state index is -3.80. The normalized spacial score (nSPS) is 12.2. The highest BCUT2D eigenvalue weighted by atomic mass is 79.9. The van der Waals surface area contributed by atoms with Crippen molar-refractivity contribution in [2.75, 3.05) is 23.7 Å². The summed E-state index contributed by atoms with van der Waals surface area (Å²) in [5.41, 5.74) is 0.814. The lowest BCUT2D eigenvalue weighted by Crippen LogP contribution is -2.52. The summed E-state index contributed by atoms with van der Waals surface area (Å²) in [6, 6.07) is 10.7. The number of halogens is 3. The maximum absolute atomic E-state index is 13.6. The van der Waals surface area contributed by atoms with Crippen LogP contribution in [0.5, 0.6) is 0 Å². The number of nitrogens with zero attached hydrogens (tertiary/aromatic N) is 2. The fourth-order valence-electron chi connectivity index (χ4n) is 3.36. The molecule has 11 heteroatoms. The zero-order chi connectivity index (χ0) is 25.5. The molecular formula is C23H28BrCl2N3O4S. The first-order chi connectivity index (χ1) is 16.0. The van der Waals surface area contributed by atoms with Crippen LogP contribution < -0.4 is 9.62 Å². The average molecular weight is 593 g/mol. The number of sulfonamides is 1. The van der Waals surface area contributed by atoms with Crippen LogP contribution in [0.25, 0.3) is 0 Å². The van der Waals surface area contributed by atoms with Gasteiger partial charge in [-0.05, 0) is 49.2 Å². The number of hydrogen-bond acceptors (Lipinski definition) is 4. The smallest absolute Gasteiger partial charge is 0.244 e. The maximum atomic E-state index is 13.6. The van der Waals surface area contributed by atoms with Crippen molar-refractivity contribution in [3.05, 3.63) is 62.5 Å². The highest BCUT2D eigenvalue weighted by Crippen LogP contribution is 2.28. The molecule has 0 aromatic heterocycles. The lowest BCUT2D eigenvalue weighted by molar-refractivity contribution is -0.140. The zero-order valence-corrected chi connectivity index (χ0v) is 23.1. The Morgan fingerprint density at radius 1 is 1.06 bits per heavy atom. The molecule has 34 heavy (non-hydrogen) atoms. The molecule has 1 N–H and O–H groups in total. The zero-order valence-electron chi connectivity index (χ0n) is 19.2. The summed E-state index contributed by atoms with van der Waals surface area (Å²) in [5, 5.41) is 3.52. The van der Waals surface area contributed by atoms with Crippen molar-refractivity contribution in [1.29, 1.82) is 0 Å². The van der Waals surface area contributed by atoms with Gasteiger partial charge in [0.15, 0.2) is 0 Å². The average Bonchev–Trinajstić information content (AvgIpc) is 2.77. The first kappa shape index (κ1) is 28.4. The van der Waals surface area contributed by atoms with Crippen molar-refractivity contribution in [2.24, 2.45) is 0 Å². The number of hydrogen-bond donors (Lipinski definition) is 1. The number of rotatable bonds is 11. The summed E-state index contributed by atoms with van der Waals surface area (Å²) in [7, 11) is -3.80. The molecule has 0 saturated heterocycles. The van der Waals surface area contributed by atoms with Crippen LogP contribution in [0, 0.1) is 0 Å². The Kier molecular flexibility index (Phi) is 10.7. The van der Waals surface area contributed by atoms with Gasteiger partial charge in [-0.3, -0.25) is 13.9 Å². The van der Waals surface area contributed by atoms with Crippen molar-refractivity contribution in [3.8, 4) is 0 Å². The van der Waals surface area contributed by atoms with E-state index in [2.05, 4.69) is 21.2 Å². The third-order valence-corrected chi connectivity index (χ3v) is 7.50. The van der Waals surface area contributed by atoms with Crippen molar-refractivity contribution >= 4 is 66.7 Å². The number of nitrogens with one attached hydrogen (secondary N) is 1. The molecule has 0 saturated carbocycles. The van der Waals surface area contributed by atoms with Crippen molar-refractivity contribution < 1.29 is 18.0 Å². The molecule has 1 atom stereocenters. The summed E-state index contributed by atoms with van der Waals surface area (Å²) in [4.78, 5) is 27.9. The van der Waals surface area contributed by atoms with Crippen molar-refractivity contribution in [2.45, 2.75) is 39.3 Å². The second kappa shape index (κ2) is 12.8. The lowest BCUT2D eigenvalue weighted by Gasteiger charge is -2.33. The van der Waals surface area contributed by atoms with Crippen molar-refractivity contribution in [3.63, 3.8) is 0 Å². The minimum absolute atomic E-state index is 0.0483. The molecule has 2 rings (SSSR count). The predicted octanol–water partition coefficient (Wildman–Crippen LogP) is 4.86. The highest BCUT2D eigenvalue weighted by Gasteiger charge is 2.32. The van der Waals surface area contributed by atoms with Gasteiger partial charge in [0.25, 0.3) is 0 Å². The second-order valence-corrected chi connectivity index (χ2v) is 11.3. The maximum Gasteiger partial charge on any atom is 0.244 e. The van der Waals surface area contributed by atoms with E-state index in [1.54, 1.807) is 49.4 Å². The Balaban J connectivity index is 2.47. The van der Waals surface area contributed by atoms with Crippen molar-refractivity contribution in [1.82, 2.24) is 10.2 Å². The molecule has 0 aliphatic heterocycles. The van der Waals surface area contributed by atoms with Gasteiger partial charge in [0, 0.05) is 33.2 Å². The standard InChI is InChI=1S/C23H28BrCl2N3O4S/c1-4-13-27-23(31)21(5-2)28(14-18-19(25)7-6-8-20(18)26)22(30)15-29(34(3,32)33)17-11-9-16(24)10-12-17/h6-12,21H,4-5,13-15H2,1-3H3,(H,27,31)/t21-/m1/s1. The molecule has 2 aromatic carbocycles. The van der Waals surface area contributed by atoms with Crippen LogP contribution in [-0.4, -0.2) is 50.5 Å². The number of benzene rings is 2. The Morgan fingerprint density at radius 3 is 2.15 bits per heavy atom. The molecule has 0 aliphatic rings. The molecule has 0 unspecified atom stereocenters. The molecular weight excluding hydrogens is 565 g/mol. The first-order valence-electron chi connectivity index (χ1n) is 10.7. The topological polar surface area (TPSA) is 86.8 Å².